The zero-order valence-corrected chi connectivity index (χ0v) is 10.9. The Morgan fingerprint density at radius 2 is 2.24 bits per heavy atom. The molecule has 3 aromatic heterocycles. The van der Waals surface area contributed by atoms with E-state index in [4.69, 9.17) is 23.8 Å². The number of thiazole rings is 1. The van der Waals surface area contributed by atoms with Gasteiger partial charge in [-0.3, -0.25) is 9.97 Å². The van der Waals surface area contributed by atoms with Crippen LogP contribution in [0.4, 0.5) is 0 Å². The van der Waals surface area contributed by atoms with E-state index in [1.165, 1.54) is 0 Å². The van der Waals surface area contributed by atoms with Crippen LogP contribution in [0.5, 0.6) is 0 Å². The quantitative estimate of drug-likeness (QED) is 0.734. The van der Waals surface area contributed by atoms with E-state index in [2.05, 4.69) is 15.0 Å². The van der Waals surface area contributed by atoms with Crippen LogP contribution in [0.2, 0.25) is 5.02 Å². The first kappa shape index (κ1) is 10.9. The van der Waals surface area contributed by atoms with Crippen LogP contribution >= 0.6 is 35.2 Å². The van der Waals surface area contributed by atoms with E-state index < -0.39 is 0 Å². The van der Waals surface area contributed by atoms with Crippen LogP contribution in [0.1, 0.15) is 4.88 Å². The van der Waals surface area contributed by atoms with Crippen molar-refractivity contribution in [1.82, 2.24) is 19.5 Å². The molecule has 4 nitrogen and oxygen atoms in total. The van der Waals surface area contributed by atoms with Crippen molar-refractivity contribution in [2.24, 2.45) is 0 Å². The molecule has 0 aliphatic rings. The Labute approximate surface area is 111 Å². The van der Waals surface area contributed by atoms with Crippen molar-refractivity contribution < 1.29 is 0 Å². The van der Waals surface area contributed by atoms with Crippen LogP contribution in [-0.2, 0) is 6.54 Å². The number of hydrogen-bond acceptors (Lipinski definition) is 4. The number of H-pyrrole nitrogens is 1. The number of halogens is 1. The average molecular weight is 283 g/mol. The lowest BCUT2D eigenvalue weighted by atomic mass is 10.4. The summed E-state index contributed by atoms with van der Waals surface area (Å²) in [5, 5.41) is 0.597. The fourth-order valence-corrected chi connectivity index (χ4v) is 2.81. The van der Waals surface area contributed by atoms with Gasteiger partial charge in [0.2, 0.25) is 0 Å². The Morgan fingerprint density at radius 1 is 1.35 bits per heavy atom. The number of imidazole rings is 1. The molecule has 0 saturated carbocycles. The highest BCUT2D eigenvalue weighted by Crippen LogP contribution is 2.23. The lowest BCUT2D eigenvalue weighted by molar-refractivity contribution is 0.821. The van der Waals surface area contributed by atoms with E-state index in [9.17, 15) is 0 Å². The van der Waals surface area contributed by atoms with E-state index in [1.54, 1.807) is 29.2 Å². The van der Waals surface area contributed by atoms with Gasteiger partial charge in [0.25, 0.3) is 0 Å². The Hall–Kier alpha value is -1.24. The van der Waals surface area contributed by atoms with E-state index in [0.29, 0.717) is 16.3 Å². The molecule has 0 fully saturated rings. The molecule has 17 heavy (non-hydrogen) atoms. The van der Waals surface area contributed by atoms with Gasteiger partial charge in [0, 0.05) is 17.3 Å². The molecule has 86 valence electrons. The maximum Gasteiger partial charge on any atom is 0.178 e. The topological polar surface area (TPSA) is 46.5 Å². The van der Waals surface area contributed by atoms with Gasteiger partial charge in [0.1, 0.15) is 0 Å². The van der Waals surface area contributed by atoms with Gasteiger partial charge >= 0.3 is 0 Å². The zero-order chi connectivity index (χ0) is 11.8. The highest BCUT2D eigenvalue weighted by molar-refractivity contribution is 7.71. The van der Waals surface area contributed by atoms with E-state index >= 15 is 0 Å². The van der Waals surface area contributed by atoms with Crippen LogP contribution in [0.15, 0.2) is 24.1 Å². The highest BCUT2D eigenvalue weighted by atomic mass is 35.5. The summed E-state index contributed by atoms with van der Waals surface area (Å²) < 4.78 is 2.60. The lowest BCUT2D eigenvalue weighted by Gasteiger charge is -2.02. The summed E-state index contributed by atoms with van der Waals surface area (Å²) in [5.41, 5.74) is 3.55. The SMILES string of the molecule is S=c1[nH]c2cncc(Cl)c2n1Cc1cncs1. The van der Waals surface area contributed by atoms with E-state index in [0.717, 1.165) is 15.9 Å². The predicted octanol–water partition coefficient (Wildman–Crippen LogP) is 3.25. The standard InChI is InChI=1S/C10H7ClN4S2/c11-7-2-12-3-8-9(7)15(10(16)14-8)4-6-1-13-5-17-6/h1-3,5H,4H2,(H,14,16). The number of aromatic nitrogens is 4. The molecule has 3 heterocycles. The maximum atomic E-state index is 6.15. The zero-order valence-electron chi connectivity index (χ0n) is 8.55. The summed E-state index contributed by atoms with van der Waals surface area (Å²) in [6, 6.07) is 0. The monoisotopic (exact) mass is 282 g/mol. The third kappa shape index (κ3) is 1.88. The maximum absolute atomic E-state index is 6.15. The smallest absolute Gasteiger partial charge is 0.178 e. The first-order chi connectivity index (χ1) is 8.25. The fraction of sp³-hybridized carbons (Fsp3) is 0.100. The number of nitrogens with zero attached hydrogens (tertiary/aromatic N) is 3. The second-order valence-corrected chi connectivity index (χ2v) is 5.27. The number of fused-ring (bicyclic) bond motifs is 1. The van der Waals surface area contributed by atoms with Gasteiger partial charge in [0.15, 0.2) is 4.77 Å². The predicted molar refractivity (Wildman–Crippen MR) is 71.1 cm³/mol. The molecule has 0 amide bonds. The largest absolute Gasteiger partial charge is 0.329 e. The van der Waals surface area contributed by atoms with Crippen LogP contribution in [0.25, 0.3) is 11.0 Å². The molecule has 3 aromatic rings. The van der Waals surface area contributed by atoms with Gasteiger partial charge in [0.05, 0.1) is 34.3 Å². The third-order valence-electron chi connectivity index (χ3n) is 2.43. The van der Waals surface area contributed by atoms with Gasteiger partial charge in [-0.05, 0) is 12.2 Å². The number of nitrogens with one attached hydrogen (secondary N) is 1. The van der Waals surface area contributed by atoms with Gasteiger partial charge in [-0.25, -0.2) is 0 Å². The van der Waals surface area contributed by atoms with Crippen molar-refractivity contribution in [2.75, 3.05) is 0 Å². The summed E-state index contributed by atoms with van der Waals surface area (Å²) in [4.78, 5) is 12.3. The molecule has 0 aromatic carbocycles. The fourth-order valence-electron chi connectivity index (χ4n) is 1.71. The Morgan fingerprint density at radius 3 is 3.00 bits per heavy atom. The summed E-state index contributed by atoms with van der Waals surface area (Å²) in [5.74, 6) is 0. The summed E-state index contributed by atoms with van der Waals surface area (Å²) in [7, 11) is 0. The molecule has 0 unspecified atom stereocenters. The average Bonchev–Trinajstić information content (AvgIpc) is 2.89. The number of pyridine rings is 1. The molecule has 0 radical (unpaired) electrons. The first-order valence-electron chi connectivity index (χ1n) is 4.85. The van der Waals surface area contributed by atoms with E-state index in [1.807, 2.05) is 10.8 Å². The highest BCUT2D eigenvalue weighted by Gasteiger charge is 2.09. The van der Waals surface area contributed by atoms with Crippen LogP contribution in [0.3, 0.4) is 0 Å². The minimum Gasteiger partial charge on any atom is -0.329 e. The summed E-state index contributed by atoms with van der Waals surface area (Å²) in [6.07, 6.45) is 5.18. The van der Waals surface area contributed by atoms with Gasteiger partial charge < -0.3 is 9.55 Å². The molecule has 0 atom stereocenters. The van der Waals surface area contributed by atoms with E-state index in [-0.39, 0.29) is 0 Å². The van der Waals surface area contributed by atoms with Crippen LogP contribution in [0, 0.1) is 4.77 Å². The van der Waals surface area contributed by atoms with Crippen LogP contribution < -0.4 is 0 Å². The molecule has 0 aliphatic heterocycles. The first-order valence-corrected chi connectivity index (χ1v) is 6.51. The molecule has 0 aliphatic carbocycles. The Balaban J connectivity index is 2.21. The third-order valence-corrected chi connectivity index (χ3v) is 3.79. The second-order valence-electron chi connectivity index (χ2n) is 3.50. The molecule has 1 N–H and O–H groups in total. The second kappa shape index (κ2) is 4.21. The minimum absolute atomic E-state index is 0.597. The number of hydrogen-bond donors (Lipinski definition) is 1. The lowest BCUT2D eigenvalue weighted by Crippen LogP contribution is -1.98. The molecule has 0 spiro atoms. The number of aromatic amines is 1. The van der Waals surface area contributed by atoms with Gasteiger partial charge in [-0.15, -0.1) is 11.3 Å². The normalized spacial score (nSPS) is 11.1. The Bertz CT molecular complexity index is 714. The van der Waals surface area contributed by atoms with Crippen LogP contribution in [-0.4, -0.2) is 19.5 Å². The summed E-state index contributed by atoms with van der Waals surface area (Å²) >= 11 is 13.0. The van der Waals surface area contributed by atoms with Crippen molar-refractivity contribution >= 4 is 46.2 Å². The Kier molecular flexibility index (Phi) is 2.70. The molecule has 3 rings (SSSR count). The van der Waals surface area contributed by atoms with Crippen molar-refractivity contribution in [1.29, 1.82) is 0 Å². The van der Waals surface area contributed by atoms with Crippen molar-refractivity contribution in [3.05, 3.63) is 38.8 Å². The minimum atomic E-state index is 0.597. The van der Waals surface area contributed by atoms with Crippen molar-refractivity contribution in [3.63, 3.8) is 0 Å². The van der Waals surface area contributed by atoms with Crippen molar-refractivity contribution in [3.8, 4) is 0 Å². The van der Waals surface area contributed by atoms with Gasteiger partial charge in [-0.2, -0.15) is 0 Å². The number of rotatable bonds is 2. The molecular weight excluding hydrogens is 276 g/mol. The van der Waals surface area contributed by atoms with Gasteiger partial charge in [-0.1, -0.05) is 11.6 Å². The summed E-state index contributed by atoms with van der Waals surface area (Å²) in [6.45, 7) is 0.674. The van der Waals surface area contributed by atoms with Crippen molar-refractivity contribution in [2.45, 2.75) is 6.54 Å². The molecule has 0 saturated heterocycles. The molecular formula is C10H7ClN4S2. The molecule has 0 bridgehead atoms. The molecule has 7 heteroatoms.